The predicted molar refractivity (Wildman–Crippen MR) is 74.4 cm³/mol. The van der Waals surface area contributed by atoms with Gasteiger partial charge in [-0.25, -0.2) is 0 Å². The molecule has 1 N–H and O–H groups in total. The zero-order chi connectivity index (χ0) is 13.2. The van der Waals surface area contributed by atoms with E-state index in [4.69, 9.17) is 0 Å². The average Bonchev–Trinajstić information content (AvgIpc) is 2.58. The Kier molecular flexibility index (Phi) is 3.74. The van der Waals surface area contributed by atoms with Crippen molar-refractivity contribution < 1.29 is 4.79 Å². The van der Waals surface area contributed by atoms with Gasteiger partial charge in [0.1, 0.15) is 0 Å². The average molecular weight is 245 g/mol. The first kappa shape index (κ1) is 13.1. The Morgan fingerprint density at radius 3 is 2.72 bits per heavy atom. The van der Waals surface area contributed by atoms with Gasteiger partial charge in [0.25, 0.3) is 0 Å². The lowest BCUT2D eigenvalue weighted by atomic mass is 9.82. The van der Waals surface area contributed by atoms with E-state index in [0.717, 1.165) is 19.3 Å². The highest BCUT2D eigenvalue weighted by atomic mass is 16.2. The molecule has 98 valence electrons. The molecule has 1 fully saturated rings. The van der Waals surface area contributed by atoms with E-state index in [1.165, 1.54) is 11.1 Å². The molecule has 1 aromatic carbocycles. The molecule has 18 heavy (non-hydrogen) atoms. The minimum Gasteiger partial charge on any atom is -0.350 e. The zero-order valence-electron chi connectivity index (χ0n) is 11.6. The molecule has 1 aliphatic heterocycles. The van der Waals surface area contributed by atoms with E-state index >= 15 is 0 Å². The van der Waals surface area contributed by atoms with Crippen LogP contribution < -0.4 is 5.32 Å². The Bertz CT molecular complexity index is 438. The van der Waals surface area contributed by atoms with Crippen LogP contribution in [0.3, 0.4) is 0 Å². The van der Waals surface area contributed by atoms with Gasteiger partial charge >= 0.3 is 0 Å². The van der Waals surface area contributed by atoms with Gasteiger partial charge in [0.05, 0.1) is 0 Å². The Balaban J connectivity index is 2.18. The van der Waals surface area contributed by atoms with Crippen LogP contribution in [0.15, 0.2) is 24.3 Å². The van der Waals surface area contributed by atoms with Crippen LogP contribution in [0.5, 0.6) is 0 Å². The van der Waals surface area contributed by atoms with Crippen LogP contribution in [0.4, 0.5) is 0 Å². The summed E-state index contributed by atoms with van der Waals surface area (Å²) in [5.41, 5.74) is 2.60. The van der Waals surface area contributed by atoms with Gasteiger partial charge in [-0.2, -0.15) is 0 Å². The second-order valence-corrected chi connectivity index (χ2v) is 6.09. The van der Waals surface area contributed by atoms with Gasteiger partial charge in [0, 0.05) is 12.0 Å². The first-order valence-corrected chi connectivity index (χ1v) is 6.86. The highest BCUT2D eigenvalue weighted by Gasteiger charge is 2.37. The third kappa shape index (κ3) is 3.12. The minimum absolute atomic E-state index is 0.0148. The summed E-state index contributed by atoms with van der Waals surface area (Å²) >= 11 is 0. The number of amides is 1. The Morgan fingerprint density at radius 1 is 1.39 bits per heavy atom. The molecule has 0 aliphatic carbocycles. The molecular formula is C16H23NO. The number of nitrogens with one attached hydrogen (secondary N) is 1. The normalized spacial score (nSPS) is 23.4. The second kappa shape index (κ2) is 5.13. The SMILES string of the molecule is Cc1cccc(CC2(CC(C)C)CCC(=O)N2)c1. The Labute approximate surface area is 110 Å². The molecule has 1 heterocycles. The molecule has 0 aromatic heterocycles. The molecule has 0 bridgehead atoms. The third-order valence-electron chi connectivity index (χ3n) is 3.66. The quantitative estimate of drug-likeness (QED) is 0.867. The van der Waals surface area contributed by atoms with Crippen LogP contribution in [0.2, 0.25) is 0 Å². The molecule has 1 aliphatic rings. The van der Waals surface area contributed by atoms with E-state index in [-0.39, 0.29) is 11.4 Å². The maximum absolute atomic E-state index is 11.6. The van der Waals surface area contributed by atoms with Crippen LogP contribution in [-0.4, -0.2) is 11.4 Å². The number of rotatable bonds is 4. The molecule has 1 unspecified atom stereocenters. The first-order chi connectivity index (χ1) is 8.49. The van der Waals surface area contributed by atoms with E-state index in [0.29, 0.717) is 12.3 Å². The van der Waals surface area contributed by atoms with Crippen molar-refractivity contribution in [2.75, 3.05) is 0 Å². The van der Waals surface area contributed by atoms with Crippen LogP contribution >= 0.6 is 0 Å². The number of benzene rings is 1. The number of hydrogen-bond acceptors (Lipinski definition) is 1. The van der Waals surface area contributed by atoms with Crippen molar-refractivity contribution in [2.45, 2.75) is 52.0 Å². The number of aryl methyl sites for hydroxylation is 1. The smallest absolute Gasteiger partial charge is 0.220 e. The predicted octanol–water partition coefficient (Wildman–Crippen LogP) is 3.23. The molecule has 1 atom stereocenters. The number of hydrogen-bond donors (Lipinski definition) is 1. The van der Waals surface area contributed by atoms with E-state index < -0.39 is 0 Å². The molecule has 2 nitrogen and oxygen atoms in total. The largest absolute Gasteiger partial charge is 0.350 e. The van der Waals surface area contributed by atoms with Gasteiger partial charge in [0.15, 0.2) is 0 Å². The lowest BCUT2D eigenvalue weighted by Crippen LogP contribution is -2.44. The lowest BCUT2D eigenvalue weighted by Gasteiger charge is -2.31. The van der Waals surface area contributed by atoms with Crippen LogP contribution in [-0.2, 0) is 11.2 Å². The van der Waals surface area contributed by atoms with E-state index in [9.17, 15) is 4.79 Å². The van der Waals surface area contributed by atoms with Gasteiger partial charge < -0.3 is 5.32 Å². The summed E-state index contributed by atoms with van der Waals surface area (Å²) in [5, 5.41) is 3.23. The fraction of sp³-hybridized carbons (Fsp3) is 0.562. The molecule has 0 spiro atoms. The molecule has 1 aromatic rings. The summed E-state index contributed by atoms with van der Waals surface area (Å²) in [6.45, 7) is 6.57. The lowest BCUT2D eigenvalue weighted by molar-refractivity contribution is -0.119. The van der Waals surface area contributed by atoms with Crippen molar-refractivity contribution in [3.63, 3.8) is 0 Å². The summed E-state index contributed by atoms with van der Waals surface area (Å²) in [7, 11) is 0. The van der Waals surface area contributed by atoms with Crippen LogP contribution in [0.1, 0.15) is 44.2 Å². The van der Waals surface area contributed by atoms with Gasteiger partial charge in [-0.15, -0.1) is 0 Å². The summed E-state index contributed by atoms with van der Waals surface area (Å²) < 4.78 is 0. The summed E-state index contributed by atoms with van der Waals surface area (Å²) in [6, 6.07) is 8.61. The van der Waals surface area contributed by atoms with Gasteiger partial charge in [-0.05, 0) is 37.7 Å². The first-order valence-electron chi connectivity index (χ1n) is 6.86. The second-order valence-electron chi connectivity index (χ2n) is 6.09. The summed E-state index contributed by atoms with van der Waals surface area (Å²) in [4.78, 5) is 11.6. The van der Waals surface area contributed by atoms with Crippen LogP contribution in [0, 0.1) is 12.8 Å². The topological polar surface area (TPSA) is 29.1 Å². The molecule has 1 saturated heterocycles. The fourth-order valence-corrected chi connectivity index (χ4v) is 3.13. The van der Waals surface area contributed by atoms with Crippen molar-refractivity contribution in [2.24, 2.45) is 5.92 Å². The highest BCUT2D eigenvalue weighted by Crippen LogP contribution is 2.31. The molecule has 2 rings (SSSR count). The zero-order valence-corrected chi connectivity index (χ0v) is 11.6. The van der Waals surface area contributed by atoms with E-state index in [1.807, 2.05) is 0 Å². The molecule has 0 saturated carbocycles. The monoisotopic (exact) mass is 245 g/mol. The number of carbonyl (C=O) groups is 1. The van der Waals surface area contributed by atoms with Crippen molar-refractivity contribution in [1.29, 1.82) is 0 Å². The van der Waals surface area contributed by atoms with Crippen molar-refractivity contribution in [3.05, 3.63) is 35.4 Å². The summed E-state index contributed by atoms with van der Waals surface area (Å²) in [5.74, 6) is 0.816. The third-order valence-corrected chi connectivity index (χ3v) is 3.66. The van der Waals surface area contributed by atoms with Gasteiger partial charge in [-0.3, -0.25) is 4.79 Å². The van der Waals surface area contributed by atoms with Gasteiger partial charge in [0.2, 0.25) is 5.91 Å². The molecule has 0 radical (unpaired) electrons. The highest BCUT2D eigenvalue weighted by molar-refractivity contribution is 5.79. The maximum Gasteiger partial charge on any atom is 0.220 e. The van der Waals surface area contributed by atoms with Crippen molar-refractivity contribution >= 4 is 5.91 Å². The van der Waals surface area contributed by atoms with Crippen molar-refractivity contribution in [3.8, 4) is 0 Å². The van der Waals surface area contributed by atoms with Gasteiger partial charge in [-0.1, -0.05) is 43.7 Å². The molecule has 2 heteroatoms. The fourth-order valence-electron chi connectivity index (χ4n) is 3.13. The summed E-state index contributed by atoms with van der Waals surface area (Å²) in [6.07, 6.45) is 3.67. The minimum atomic E-state index is -0.0148. The Morgan fingerprint density at radius 2 is 2.17 bits per heavy atom. The maximum atomic E-state index is 11.6. The van der Waals surface area contributed by atoms with E-state index in [1.54, 1.807) is 0 Å². The Hall–Kier alpha value is -1.31. The standard InChI is InChI=1S/C16H23NO/c1-12(2)10-16(8-7-15(18)17-16)11-14-6-4-5-13(3)9-14/h4-6,9,12H,7-8,10-11H2,1-3H3,(H,17,18). The van der Waals surface area contributed by atoms with Crippen LogP contribution in [0.25, 0.3) is 0 Å². The molecule has 1 amide bonds. The molecular weight excluding hydrogens is 222 g/mol. The number of carbonyl (C=O) groups excluding carboxylic acids is 1. The van der Waals surface area contributed by atoms with Crippen molar-refractivity contribution in [1.82, 2.24) is 5.32 Å². The van der Waals surface area contributed by atoms with E-state index in [2.05, 4.69) is 50.4 Å².